The second kappa shape index (κ2) is 4.08. The predicted octanol–water partition coefficient (Wildman–Crippen LogP) is 2.54. The highest BCUT2D eigenvalue weighted by molar-refractivity contribution is 7.91. The zero-order chi connectivity index (χ0) is 13.7. The van der Waals surface area contributed by atoms with E-state index in [1.54, 1.807) is 19.9 Å². The van der Waals surface area contributed by atoms with Crippen molar-refractivity contribution in [1.82, 2.24) is 15.0 Å². The number of hydrogen-bond donors (Lipinski definition) is 1. The van der Waals surface area contributed by atoms with Crippen molar-refractivity contribution in [3.05, 3.63) is 22.1 Å². The Labute approximate surface area is 114 Å². The van der Waals surface area contributed by atoms with Gasteiger partial charge in [0.25, 0.3) is 0 Å². The lowest BCUT2D eigenvalue weighted by molar-refractivity contribution is 0.552. The van der Waals surface area contributed by atoms with Gasteiger partial charge in [-0.1, -0.05) is 23.2 Å². The van der Waals surface area contributed by atoms with Gasteiger partial charge >= 0.3 is 0 Å². The number of H-pyrrole nitrogens is 1. The Morgan fingerprint density at radius 3 is 2.44 bits per heavy atom. The topological polar surface area (TPSA) is 75.7 Å². The van der Waals surface area contributed by atoms with E-state index < -0.39 is 14.6 Å². The Kier molecular flexibility index (Phi) is 3.08. The highest BCUT2D eigenvalue weighted by Crippen LogP contribution is 2.30. The molecule has 2 rings (SSSR count). The van der Waals surface area contributed by atoms with E-state index in [4.69, 9.17) is 23.2 Å². The molecule has 0 amide bonds. The van der Waals surface area contributed by atoms with Crippen LogP contribution < -0.4 is 0 Å². The van der Waals surface area contributed by atoms with Crippen molar-refractivity contribution < 1.29 is 8.42 Å². The van der Waals surface area contributed by atoms with Crippen molar-refractivity contribution in [1.29, 1.82) is 0 Å². The fourth-order valence-electron chi connectivity index (χ4n) is 1.36. The van der Waals surface area contributed by atoms with Crippen molar-refractivity contribution >= 4 is 44.2 Å². The molecule has 18 heavy (non-hydrogen) atoms. The standard InChI is InChI=1S/C10H11Cl2N3O2S/c1-10(2,18(3,16)17)9-13-6-4-5(11)7(12)14-8(6)15-9/h4H,1-3H3,(H,13,14,15). The number of nitrogens with zero attached hydrogens (tertiary/aromatic N) is 2. The molecular weight excluding hydrogens is 297 g/mol. The molecule has 0 unspecified atom stereocenters. The van der Waals surface area contributed by atoms with E-state index in [0.29, 0.717) is 17.0 Å². The summed E-state index contributed by atoms with van der Waals surface area (Å²) in [5.41, 5.74) is 0.896. The van der Waals surface area contributed by atoms with Crippen LogP contribution in [-0.4, -0.2) is 29.6 Å². The van der Waals surface area contributed by atoms with E-state index in [-0.39, 0.29) is 10.2 Å². The van der Waals surface area contributed by atoms with Gasteiger partial charge in [-0.05, 0) is 19.9 Å². The molecule has 0 atom stereocenters. The number of nitrogens with one attached hydrogen (secondary N) is 1. The quantitative estimate of drug-likeness (QED) is 0.865. The summed E-state index contributed by atoms with van der Waals surface area (Å²) in [5, 5.41) is 0.427. The predicted molar refractivity (Wildman–Crippen MR) is 71.8 cm³/mol. The second-order valence-corrected chi connectivity index (χ2v) is 7.83. The first-order chi connectivity index (χ1) is 8.13. The van der Waals surface area contributed by atoms with Crippen LogP contribution in [0.5, 0.6) is 0 Å². The third-order valence-electron chi connectivity index (χ3n) is 2.88. The Bertz CT molecular complexity index is 683. The first-order valence-electron chi connectivity index (χ1n) is 5.05. The van der Waals surface area contributed by atoms with Crippen LogP contribution in [0.3, 0.4) is 0 Å². The molecule has 0 radical (unpaired) electrons. The van der Waals surface area contributed by atoms with Gasteiger partial charge in [0.1, 0.15) is 15.7 Å². The van der Waals surface area contributed by atoms with E-state index >= 15 is 0 Å². The maximum absolute atomic E-state index is 11.7. The molecular formula is C10H11Cl2N3O2S. The minimum absolute atomic E-state index is 0.138. The summed E-state index contributed by atoms with van der Waals surface area (Å²) < 4.78 is 22.3. The molecule has 0 spiro atoms. The summed E-state index contributed by atoms with van der Waals surface area (Å²) >= 11 is 11.6. The van der Waals surface area contributed by atoms with Crippen molar-refractivity contribution in [2.45, 2.75) is 18.6 Å². The SMILES string of the molecule is CC(C)(c1nc2nc(Cl)c(Cl)cc2[nH]1)S(C)(=O)=O. The molecule has 98 valence electrons. The average Bonchev–Trinajstić information content (AvgIpc) is 2.60. The van der Waals surface area contributed by atoms with Crippen LogP contribution in [0.15, 0.2) is 6.07 Å². The highest BCUT2D eigenvalue weighted by Gasteiger charge is 2.35. The summed E-state index contributed by atoms with van der Waals surface area (Å²) in [6, 6.07) is 1.57. The van der Waals surface area contributed by atoms with Crippen molar-refractivity contribution in [3.8, 4) is 0 Å². The zero-order valence-corrected chi connectivity index (χ0v) is 12.3. The number of aromatic amines is 1. The van der Waals surface area contributed by atoms with Gasteiger partial charge in [-0.3, -0.25) is 0 Å². The summed E-state index contributed by atoms with van der Waals surface area (Å²) in [7, 11) is -3.31. The molecule has 5 nitrogen and oxygen atoms in total. The normalized spacial score (nSPS) is 13.2. The fraction of sp³-hybridized carbons (Fsp3) is 0.400. The Hall–Kier alpha value is -0.850. The summed E-state index contributed by atoms with van der Waals surface area (Å²) in [6.45, 7) is 3.15. The van der Waals surface area contributed by atoms with Gasteiger partial charge < -0.3 is 4.98 Å². The van der Waals surface area contributed by atoms with E-state index in [2.05, 4.69) is 15.0 Å². The third-order valence-corrected chi connectivity index (χ3v) is 5.60. The molecule has 0 fully saturated rings. The molecule has 2 aromatic heterocycles. The van der Waals surface area contributed by atoms with E-state index in [1.165, 1.54) is 0 Å². The first-order valence-corrected chi connectivity index (χ1v) is 7.69. The lowest BCUT2D eigenvalue weighted by Crippen LogP contribution is -2.29. The minimum atomic E-state index is -3.31. The number of rotatable bonds is 2. The van der Waals surface area contributed by atoms with E-state index in [9.17, 15) is 8.42 Å². The Morgan fingerprint density at radius 1 is 1.28 bits per heavy atom. The van der Waals surface area contributed by atoms with Crippen LogP contribution in [0, 0.1) is 0 Å². The summed E-state index contributed by atoms with van der Waals surface area (Å²) in [5.74, 6) is 0.311. The Balaban J connectivity index is 2.68. The molecule has 0 saturated carbocycles. The van der Waals surface area contributed by atoms with E-state index in [1.807, 2.05) is 0 Å². The van der Waals surface area contributed by atoms with Gasteiger partial charge in [0.05, 0.1) is 10.5 Å². The monoisotopic (exact) mass is 307 g/mol. The highest BCUT2D eigenvalue weighted by atomic mass is 35.5. The molecule has 0 aliphatic rings. The maximum atomic E-state index is 11.7. The first kappa shape index (κ1) is 13.6. The average molecular weight is 308 g/mol. The molecule has 2 heterocycles. The maximum Gasteiger partial charge on any atom is 0.179 e. The second-order valence-electron chi connectivity index (χ2n) is 4.50. The van der Waals surface area contributed by atoms with Crippen molar-refractivity contribution in [2.24, 2.45) is 0 Å². The molecule has 0 aliphatic carbocycles. The number of fused-ring (bicyclic) bond motifs is 1. The van der Waals surface area contributed by atoms with Crippen LogP contribution in [0.25, 0.3) is 11.2 Å². The molecule has 0 bridgehead atoms. The van der Waals surface area contributed by atoms with Gasteiger partial charge in [-0.25, -0.2) is 18.4 Å². The number of halogens is 2. The molecule has 2 aromatic rings. The summed E-state index contributed by atoms with van der Waals surface area (Å²) in [4.78, 5) is 11.1. The number of aromatic nitrogens is 3. The number of imidazole rings is 1. The number of sulfone groups is 1. The largest absolute Gasteiger partial charge is 0.339 e. The molecule has 8 heteroatoms. The van der Waals surface area contributed by atoms with Gasteiger partial charge in [0.2, 0.25) is 0 Å². The van der Waals surface area contributed by atoms with Gasteiger partial charge in [-0.2, -0.15) is 0 Å². The fourth-order valence-corrected chi connectivity index (χ4v) is 2.09. The lowest BCUT2D eigenvalue weighted by atomic mass is 10.2. The van der Waals surface area contributed by atoms with Gasteiger partial charge in [0, 0.05) is 6.26 Å². The molecule has 1 N–H and O–H groups in total. The molecule has 0 aromatic carbocycles. The molecule has 0 aliphatic heterocycles. The van der Waals surface area contributed by atoms with Crippen molar-refractivity contribution in [3.63, 3.8) is 0 Å². The van der Waals surface area contributed by atoms with Gasteiger partial charge in [-0.15, -0.1) is 0 Å². The van der Waals surface area contributed by atoms with Crippen molar-refractivity contribution in [2.75, 3.05) is 6.26 Å². The summed E-state index contributed by atoms with van der Waals surface area (Å²) in [6.07, 6.45) is 1.16. The van der Waals surface area contributed by atoms with Crippen LogP contribution in [0.4, 0.5) is 0 Å². The van der Waals surface area contributed by atoms with Crippen LogP contribution in [0.2, 0.25) is 10.2 Å². The molecule has 0 saturated heterocycles. The van der Waals surface area contributed by atoms with Crippen LogP contribution in [-0.2, 0) is 14.6 Å². The zero-order valence-electron chi connectivity index (χ0n) is 9.95. The third kappa shape index (κ3) is 2.08. The van der Waals surface area contributed by atoms with E-state index in [0.717, 1.165) is 6.26 Å². The lowest BCUT2D eigenvalue weighted by Gasteiger charge is -2.19. The van der Waals surface area contributed by atoms with Crippen LogP contribution >= 0.6 is 23.2 Å². The number of hydrogen-bond acceptors (Lipinski definition) is 4. The number of pyridine rings is 1. The Morgan fingerprint density at radius 2 is 1.89 bits per heavy atom. The smallest absolute Gasteiger partial charge is 0.179 e. The minimum Gasteiger partial charge on any atom is -0.339 e. The van der Waals surface area contributed by atoms with Gasteiger partial charge in [0.15, 0.2) is 15.5 Å². The van der Waals surface area contributed by atoms with Crippen LogP contribution in [0.1, 0.15) is 19.7 Å².